The molecule has 1 heterocycles. The third-order valence-electron chi connectivity index (χ3n) is 3.78. The topological polar surface area (TPSA) is 63.2 Å². The van der Waals surface area contributed by atoms with Crippen molar-refractivity contribution in [2.45, 2.75) is 13.8 Å². The summed E-state index contributed by atoms with van der Waals surface area (Å²) in [5, 5.41) is 7.03. The molecule has 2 aromatic carbocycles. The van der Waals surface area contributed by atoms with E-state index in [0.29, 0.717) is 28.8 Å². The van der Waals surface area contributed by atoms with Crippen molar-refractivity contribution in [3.05, 3.63) is 59.2 Å². The van der Waals surface area contributed by atoms with Crippen LogP contribution >= 0.6 is 11.6 Å². The second kappa shape index (κ2) is 7.40. The van der Waals surface area contributed by atoms with E-state index in [1.165, 1.54) is 0 Å². The normalized spacial score (nSPS) is 10.5. The van der Waals surface area contributed by atoms with Gasteiger partial charge in [-0.2, -0.15) is 0 Å². The summed E-state index contributed by atoms with van der Waals surface area (Å²) in [5.41, 5.74) is 2.83. The predicted octanol–water partition coefficient (Wildman–Crippen LogP) is 5.24. The molecule has 0 aliphatic carbocycles. The fourth-order valence-corrected chi connectivity index (χ4v) is 2.86. The molecular formula is C19H18ClN3O2. The number of benzene rings is 2. The second-order valence-corrected chi connectivity index (χ2v) is 5.85. The summed E-state index contributed by atoms with van der Waals surface area (Å²) in [6.07, 6.45) is 1.70. The van der Waals surface area contributed by atoms with Crippen LogP contribution in [0.3, 0.4) is 0 Å². The Morgan fingerprint density at radius 3 is 2.72 bits per heavy atom. The highest BCUT2D eigenvalue weighted by molar-refractivity contribution is 6.36. The van der Waals surface area contributed by atoms with Crippen LogP contribution < -0.4 is 15.4 Å². The van der Waals surface area contributed by atoms with Crippen LogP contribution in [-0.4, -0.2) is 17.6 Å². The predicted molar refractivity (Wildman–Crippen MR) is 102 cm³/mol. The number of aromatic nitrogens is 1. The van der Waals surface area contributed by atoms with Crippen LogP contribution in [0.15, 0.2) is 48.7 Å². The zero-order valence-corrected chi connectivity index (χ0v) is 14.7. The molecule has 0 saturated carbocycles. The number of urea groups is 1. The molecule has 1 aromatic heterocycles. The van der Waals surface area contributed by atoms with E-state index in [9.17, 15) is 4.79 Å². The van der Waals surface area contributed by atoms with Crippen molar-refractivity contribution in [2.75, 3.05) is 17.2 Å². The van der Waals surface area contributed by atoms with E-state index in [0.717, 1.165) is 16.5 Å². The van der Waals surface area contributed by atoms with Crippen LogP contribution in [0, 0.1) is 6.92 Å². The Morgan fingerprint density at radius 2 is 1.92 bits per heavy atom. The van der Waals surface area contributed by atoms with Gasteiger partial charge in [-0.05, 0) is 49.7 Å². The highest BCUT2D eigenvalue weighted by Gasteiger charge is 2.12. The molecule has 0 aliphatic rings. The first-order valence-electron chi connectivity index (χ1n) is 7.93. The Bertz CT molecular complexity index is 928. The van der Waals surface area contributed by atoms with Gasteiger partial charge in [0.1, 0.15) is 5.75 Å². The minimum atomic E-state index is -0.374. The molecule has 25 heavy (non-hydrogen) atoms. The summed E-state index contributed by atoms with van der Waals surface area (Å²) in [6, 6.07) is 12.4. The van der Waals surface area contributed by atoms with Crippen LogP contribution in [0.4, 0.5) is 16.2 Å². The summed E-state index contributed by atoms with van der Waals surface area (Å²) in [5.74, 6) is 0.620. The van der Waals surface area contributed by atoms with E-state index < -0.39 is 0 Å². The van der Waals surface area contributed by atoms with Crippen molar-refractivity contribution < 1.29 is 9.53 Å². The highest BCUT2D eigenvalue weighted by Crippen LogP contribution is 2.31. The van der Waals surface area contributed by atoms with Gasteiger partial charge in [0, 0.05) is 17.3 Å². The number of fused-ring (bicyclic) bond motifs is 1. The number of pyridine rings is 1. The van der Waals surface area contributed by atoms with Gasteiger partial charge in [0.15, 0.2) is 0 Å². The molecule has 0 bridgehead atoms. The van der Waals surface area contributed by atoms with Gasteiger partial charge in [0.25, 0.3) is 0 Å². The zero-order valence-electron chi connectivity index (χ0n) is 14.0. The first-order valence-corrected chi connectivity index (χ1v) is 8.31. The third kappa shape index (κ3) is 3.67. The Kier molecular flexibility index (Phi) is 5.05. The number of hydrogen-bond donors (Lipinski definition) is 2. The monoisotopic (exact) mass is 355 g/mol. The molecule has 0 atom stereocenters. The largest absolute Gasteiger partial charge is 0.492 e. The number of amides is 2. The average molecular weight is 356 g/mol. The van der Waals surface area contributed by atoms with E-state index in [1.807, 2.05) is 38.1 Å². The van der Waals surface area contributed by atoms with E-state index in [4.69, 9.17) is 16.3 Å². The number of ether oxygens (including phenoxy) is 1. The maximum Gasteiger partial charge on any atom is 0.323 e. The van der Waals surface area contributed by atoms with Crippen LogP contribution in [0.5, 0.6) is 5.75 Å². The lowest BCUT2D eigenvalue weighted by Crippen LogP contribution is -2.20. The maximum atomic E-state index is 12.4. The first-order chi connectivity index (χ1) is 12.1. The molecule has 3 aromatic rings. The van der Waals surface area contributed by atoms with Gasteiger partial charge < -0.3 is 15.4 Å². The quantitative estimate of drug-likeness (QED) is 0.672. The van der Waals surface area contributed by atoms with Gasteiger partial charge in [-0.3, -0.25) is 4.98 Å². The molecule has 2 amide bonds. The Hall–Kier alpha value is -2.79. The lowest BCUT2D eigenvalue weighted by molar-refractivity contribution is 0.262. The standard InChI is InChI=1S/C19H18ClN3O2/c1-3-25-17-9-5-4-8-15(17)22-19(24)23-16-11-14(20)13-7-6-10-21-18(13)12(16)2/h4-11H,3H2,1-2H3,(H2,22,23,24). The van der Waals surface area contributed by atoms with Crippen LogP contribution in [0.2, 0.25) is 5.02 Å². The summed E-state index contributed by atoms with van der Waals surface area (Å²) < 4.78 is 5.51. The number of rotatable bonds is 4. The number of aryl methyl sites for hydroxylation is 1. The zero-order chi connectivity index (χ0) is 17.8. The Morgan fingerprint density at radius 1 is 1.16 bits per heavy atom. The van der Waals surface area contributed by atoms with E-state index in [2.05, 4.69) is 15.6 Å². The first kappa shape index (κ1) is 17.0. The number of carbonyl (C=O) groups excluding carboxylic acids is 1. The molecule has 0 radical (unpaired) electrons. The van der Waals surface area contributed by atoms with Gasteiger partial charge in [-0.15, -0.1) is 0 Å². The molecule has 0 spiro atoms. The van der Waals surface area contributed by atoms with Crippen molar-refractivity contribution in [2.24, 2.45) is 0 Å². The van der Waals surface area contributed by atoms with Crippen molar-refractivity contribution >= 4 is 39.9 Å². The second-order valence-electron chi connectivity index (χ2n) is 5.44. The average Bonchev–Trinajstić information content (AvgIpc) is 2.61. The summed E-state index contributed by atoms with van der Waals surface area (Å²) in [6.45, 7) is 4.31. The van der Waals surface area contributed by atoms with Crippen LogP contribution in [0.1, 0.15) is 12.5 Å². The van der Waals surface area contributed by atoms with Gasteiger partial charge in [0.05, 0.1) is 22.8 Å². The van der Waals surface area contributed by atoms with Gasteiger partial charge in [-0.1, -0.05) is 23.7 Å². The summed E-state index contributed by atoms with van der Waals surface area (Å²) in [7, 11) is 0. The highest BCUT2D eigenvalue weighted by atomic mass is 35.5. The number of carbonyl (C=O) groups is 1. The number of nitrogens with zero attached hydrogens (tertiary/aromatic N) is 1. The number of para-hydroxylation sites is 2. The molecule has 2 N–H and O–H groups in total. The summed E-state index contributed by atoms with van der Waals surface area (Å²) in [4.78, 5) is 16.8. The fraction of sp³-hybridized carbons (Fsp3) is 0.158. The fourth-order valence-electron chi connectivity index (χ4n) is 2.59. The Labute approximate surface area is 151 Å². The smallest absolute Gasteiger partial charge is 0.323 e. The molecule has 0 saturated heterocycles. The molecular weight excluding hydrogens is 338 g/mol. The van der Waals surface area contributed by atoms with Gasteiger partial charge in [0.2, 0.25) is 0 Å². The third-order valence-corrected chi connectivity index (χ3v) is 4.09. The molecule has 128 valence electrons. The molecule has 0 fully saturated rings. The molecule has 0 unspecified atom stereocenters. The number of nitrogens with one attached hydrogen (secondary N) is 2. The van der Waals surface area contributed by atoms with Crippen molar-refractivity contribution in [1.29, 1.82) is 0 Å². The minimum absolute atomic E-state index is 0.374. The molecule has 6 heteroatoms. The maximum absolute atomic E-state index is 12.4. The van der Waals surface area contributed by atoms with Crippen molar-refractivity contribution in [1.82, 2.24) is 4.98 Å². The number of anilines is 2. The SMILES string of the molecule is CCOc1ccccc1NC(=O)Nc1cc(Cl)c2cccnc2c1C. The molecule has 5 nitrogen and oxygen atoms in total. The molecule has 3 rings (SSSR count). The van der Waals surface area contributed by atoms with Crippen molar-refractivity contribution in [3.8, 4) is 5.75 Å². The number of halogens is 1. The summed E-state index contributed by atoms with van der Waals surface area (Å²) >= 11 is 6.31. The van der Waals surface area contributed by atoms with Crippen LogP contribution in [0.25, 0.3) is 10.9 Å². The van der Waals surface area contributed by atoms with Gasteiger partial charge >= 0.3 is 6.03 Å². The number of hydrogen-bond acceptors (Lipinski definition) is 3. The van der Waals surface area contributed by atoms with E-state index >= 15 is 0 Å². The lowest BCUT2D eigenvalue weighted by atomic mass is 10.1. The van der Waals surface area contributed by atoms with Gasteiger partial charge in [-0.25, -0.2) is 4.79 Å². The lowest BCUT2D eigenvalue weighted by Gasteiger charge is -2.14. The molecule has 0 aliphatic heterocycles. The Balaban J connectivity index is 1.84. The minimum Gasteiger partial charge on any atom is -0.492 e. The van der Waals surface area contributed by atoms with E-state index in [-0.39, 0.29) is 6.03 Å². The van der Waals surface area contributed by atoms with E-state index in [1.54, 1.807) is 24.4 Å². The van der Waals surface area contributed by atoms with Crippen molar-refractivity contribution in [3.63, 3.8) is 0 Å². The van der Waals surface area contributed by atoms with Crippen LogP contribution in [-0.2, 0) is 0 Å².